The Balaban J connectivity index is 1.51. The van der Waals surface area contributed by atoms with E-state index in [9.17, 15) is 19.8 Å². The SMILES string of the molecule is CNC(=O)C1CC2CCCCC2CN1CC(O)[C@H](CSc1ccccc1)NC(=O)c1cccc(O)c1C. The predicted molar refractivity (Wildman–Crippen MR) is 147 cm³/mol. The van der Waals surface area contributed by atoms with Crippen molar-refractivity contribution in [2.75, 3.05) is 25.9 Å². The number of phenolic OH excluding ortho intramolecular Hbond substituents is 1. The molecule has 0 bridgehead atoms. The average Bonchev–Trinajstić information content (AvgIpc) is 2.92. The number of rotatable bonds is 9. The number of nitrogens with one attached hydrogen (secondary N) is 2. The van der Waals surface area contributed by atoms with Gasteiger partial charge in [0.25, 0.3) is 5.91 Å². The van der Waals surface area contributed by atoms with Gasteiger partial charge in [-0.05, 0) is 55.9 Å². The number of carbonyl (C=O) groups excluding carboxylic acids is 2. The molecule has 0 spiro atoms. The van der Waals surface area contributed by atoms with Gasteiger partial charge in [0.05, 0.1) is 18.2 Å². The minimum absolute atomic E-state index is 0.00847. The van der Waals surface area contributed by atoms with Gasteiger partial charge in [-0.15, -0.1) is 11.8 Å². The molecule has 4 N–H and O–H groups in total. The minimum atomic E-state index is -0.870. The Morgan fingerprint density at radius 3 is 2.54 bits per heavy atom. The molecule has 200 valence electrons. The monoisotopic (exact) mass is 525 g/mol. The fourth-order valence-electron chi connectivity index (χ4n) is 5.78. The molecule has 8 heteroatoms. The number of hydrogen-bond acceptors (Lipinski definition) is 6. The van der Waals surface area contributed by atoms with Crippen LogP contribution in [0.25, 0.3) is 0 Å². The van der Waals surface area contributed by atoms with Crippen LogP contribution in [0.2, 0.25) is 0 Å². The molecule has 2 aromatic carbocycles. The van der Waals surface area contributed by atoms with Gasteiger partial charge in [0.2, 0.25) is 5.91 Å². The summed E-state index contributed by atoms with van der Waals surface area (Å²) >= 11 is 1.57. The van der Waals surface area contributed by atoms with E-state index in [2.05, 4.69) is 15.5 Å². The van der Waals surface area contributed by atoms with Crippen molar-refractivity contribution in [2.24, 2.45) is 11.8 Å². The number of aliphatic hydroxyl groups excluding tert-OH is 1. The van der Waals surface area contributed by atoms with E-state index in [1.165, 1.54) is 25.7 Å². The molecule has 1 aliphatic heterocycles. The number of fused-ring (bicyclic) bond motifs is 1. The topological polar surface area (TPSA) is 102 Å². The zero-order valence-electron chi connectivity index (χ0n) is 21.7. The molecule has 2 aromatic rings. The number of carbonyl (C=O) groups is 2. The second kappa shape index (κ2) is 12.8. The Kier molecular flexibility index (Phi) is 9.51. The summed E-state index contributed by atoms with van der Waals surface area (Å²) in [6.07, 6.45) is 4.73. The Labute approximate surface area is 224 Å². The van der Waals surface area contributed by atoms with Crippen molar-refractivity contribution >= 4 is 23.6 Å². The quantitative estimate of drug-likeness (QED) is 0.374. The highest BCUT2D eigenvalue weighted by Gasteiger charge is 2.41. The van der Waals surface area contributed by atoms with E-state index in [4.69, 9.17) is 0 Å². The molecule has 4 rings (SSSR count). The second-order valence-electron chi connectivity index (χ2n) is 10.3. The van der Waals surface area contributed by atoms with Gasteiger partial charge in [0.1, 0.15) is 5.75 Å². The molecule has 2 aliphatic rings. The number of nitrogens with zero attached hydrogens (tertiary/aromatic N) is 1. The van der Waals surface area contributed by atoms with Crippen molar-refractivity contribution in [2.45, 2.75) is 62.1 Å². The summed E-state index contributed by atoms with van der Waals surface area (Å²) in [5.74, 6) is 1.29. The highest BCUT2D eigenvalue weighted by Crippen LogP contribution is 2.38. The van der Waals surface area contributed by atoms with Crippen LogP contribution in [0.4, 0.5) is 0 Å². The third-order valence-corrected chi connectivity index (χ3v) is 9.11. The summed E-state index contributed by atoms with van der Waals surface area (Å²) in [6, 6.07) is 13.9. The molecular formula is C29H39N3O4S. The molecule has 4 unspecified atom stereocenters. The fourth-order valence-corrected chi connectivity index (χ4v) is 6.80. The lowest BCUT2D eigenvalue weighted by Crippen LogP contribution is -2.58. The number of phenols is 1. The van der Waals surface area contributed by atoms with E-state index in [-0.39, 0.29) is 23.6 Å². The van der Waals surface area contributed by atoms with Gasteiger partial charge in [0, 0.05) is 41.9 Å². The highest BCUT2D eigenvalue weighted by molar-refractivity contribution is 7.99. The third-order valence-electron chi connectivity index (χ3n) is 7.98. The van der Waals surface area contributed by atoms with Crippen LogP contribution in [-0.4, -0.2) is 71.0 Å². The number of β-amino-alcohol motifs (C(OH)–C–C–N with tert-alkyl or cyclic N) is 1. The molecular weight excluding hydrogens is 486 g/mol. The average molecular weight is 526 g/mol. The normalized spacial score (nSPS) is 23.5. The molecule has 2 amide bonds. The maximum atomic E-state index is 13.2. The Morgan fingerprint density at radius 1 is 1.08 bits per heavy atom. The summed E-state index contributed by atoms with van der Waals surface area (Å²) in [6.45, 7) is 2.80. The number of likely N-dealkylation sites (N-methyl/N-ethyl adjacent to an activating group) is 1. The standard InChI is InChI=1S/C29H39N3O4S/c1-19-23(13-8-14-26(19)33)28(35)31-24(18-37-22-11-4-3-5-12-22)27(34)17-32-16-21-10-7-6-9-20(21)15-25(32)29(36)30-2/h3-5,8,11-14,20-21,24-25,27,33-34H,6-7,9-10,15-18H2,1-2H3,(H,30,36)(H,31,35)/t20?,21?,24-,25?,27?/m0/s1. The number of thioether (sulfide) groups is 1. The van der Waals surface area contributed by atoms with Crippen molar-refractivity contribution in [3.05, 3.63) is 59.7 Å². The summed E-state index contributed by atoms with van der Waals surface area (Å²) in [7, 11) is 1.67. The van der Waals surface area contributed by atoms with Crippen LogP contribution in [0.3, 0.4) is 0 Å². The minimum Gasteiger partial charge on any atom is -0.508 e. The van der Waals surface area contributed by atoms with Crippen LogP contribution in [0.15, 0.2) is 53.4 Å². The van der Waals surface area contributed by atoms with E-state index >= 15 is 0 Å². The molecule has 37 heavy (non-hydrogen) atoms. The van der Waals surface area contributed by atoms with Gasteiger partial charge in [-0.1, -0.05) is 43.5 Å². The smallest absolute Gasteiger partial charge is 0.252 e. The first-order valence-electron chi connectivity index (χ1n) is 13.3. The molecule has 1 heterocycles. The number of piperidine rings is 1. The van der Waals surface area contributed by atoms with E-state index < -0.39 is 12.1 Å². The summed E-state index contributed by atoms with van der Waals surface area (Å²) in [5.41, 5.74) is 0.885. The van der Waals surface area contributed by atoms with Crippen LogP contribution < -0.4 is 10.6 Å². The van der Waals surface area contributed by atoms with Gasteiger partial charge in [0.15, 0.2) is 0 Å². The second-order valence-corrected chi connectivity index (χ2v) is 11.4. The zero-order valence-corrected chi connectivity index (χ0v) is 22.5. The van der Waals surface area contributed by atoms with E-state index in [0.717, 1.165) is 17.9 Å². The lowest BCUT2D eigenvalue weighted by atomic mass is 9.72. The molecule has 5 atom stereocenters. The van der Waals surface area contributed by atoms with E-state index in [0.29, 0.717) is 35.3 Å². The first-order chi connectivity index (χ1) is 17.9. The first-order valence-corrected chi connectivity index (χ1v) is 14.3. The Hall–Kier alpha value is -2.55. The number of aliphatic hydroxyl groups is 1. The molecule has 1 aliphatic carbocycles. The van der Waals surface area contributed by atoms with Crippen LogP contribution in [0.5, 0.6) is 5.75 Å². The maximum Gasteiger partial charge on any atom is 0.252 e. The van der Waals surface area contributed by atoms with E-state index in [1.54, 1.807) is 43.9 Å². The van der Waals surface area contributed by atoms with Gasteiger partial charge in [-0.2, -0.15) is 0 Å². The summed E-state index contributed by atoms with van der Waals surface area (Å²) in [4.78, 5) is 29.2. The van der Waals surface area contributed by atoms with Crippen molar-refractivity contribution in [3.8, 4) is 5.75 Å². The Morgan fingerprint density at radius 2 is 1.81 bits per heavy atom. The van der Waals surface area contributed by atoms with Crippen molar-refractivity contribution in [1.29, 1.82) is 0 Å². The first kappa shape index (κ1) is 27.5. The lowest BCUT2D eigenvalue weighted by Gasteiger charge is -2.46. The van der Waals surface area contributed by atoms with Crippen LogP contribution in [-0.2, 0) is 4.79 Å². The molecule has 0 radical (unpaired) electrons. The third kappa shape index (κ3) is 6.86. The number of likely N-dealkylation sites (tertiary alicyclic amines) is 1. The lowest BCUT2D eigenvalue weighted by molar-refractivity contribution is -0.130. The van der Waals surface area contributed by atoms with Crippen LogP contribution in [0, 0.1) is 18.8 Å². The number of hydrogen-bond donors (Lipinski definition) is 4. The zero-order chi connectivity index (χ0) is 26.4. The Bertz CT molecular complexity index is 1070. The van der Waals surface area contributed by atoms with Crippen LogP contribution in [0.1, 0.15) is 48.0 Å². The van der Waals surface area contributed by atoms with Crippen LogP contribution >= 0.6 is 11.8 Å². The molecule has 7 nitrogen and oxygen atoms in total. The summed E-state index contributed by atoms with van der Waals surface area (Å²) in [5, 5.41) is 27.4. The van der Waals surface area contributed by atoms with Crippen molar-refractivity contribution in [3.63, 3.8) is 0 Å². The number of aromatic hydroxyl groups is 1. The molecule has 1 saturated carbocycles. The van der Waals surface area contributed by atoms with Gasteiger partial charge in [-0.25, -0.2) is 0 Å². The van der Waals surface area contributed by atoms with Gasteiger partial charge < -0.3 is 20.8 Å². The number of benzene rings is 2. The fraction of sp³-hybridized carbons (Fsp3) is 0.517. The van der Waals surface area contributed by atoms with Crippen molar-refractivity contribution in [1.82, 2.24) is 15.5 Å². The molecule has 0 aromatic heterocycles. The van der Waals surface area contributed by atoms with E-state index in [1.807, 2.05) is 30.3 Å². The highest BCUT2D eigenvalue weighted by atomic mass is 32.2. The van der Waals surface area contributed by atoms with Gasteiger partial charge in [-0.3, -0.25) is 14.5 Å². The predicted octanol–water partition coefficient (Wildman–Crippen LogP) is 3.58. The van der Waals surface area contributed by atoms with Crippen molar-refractivity contribution < 1.29 is 19.8 Å². The number of amides is 2. The van der Waals surface area contributed by atoms with Gasteiger partial charge >= 0.3 is 0 Å². The molecule has 2 fully saturated rings. The summed E-state index contributed by atoms with van der Waals surface area (Å²) < 4.78 is 0. The maximum absolute atomic E-state index is 13.2. The molecule has 1 saturated heterocycles. The largest absolute Gasteiger partial charge is 0.508 e.